The highest BCUT2D eigenvalue weighted by Crippen LogP contribution is 2.23. The van der Waals surface area contributed by atoms with E-state index in [2.05, 4.69) is 11.9 Å². The van der Waals surface area contributed by atoms with Gasteiger partial charge in [-0.1, -0.05) is 6.07 Å². The van der Waals surface area contributed by atoms with Gasteiger partial charge in [0, 0.05) is 30.9 Å². The van der Waals surface area contributed by atoms with Crippen molar-refractivity contribution >= 4 is 5.91 Å². The van der Waals surface area contributed by atoms with E-state index in [4.69, 9.17) is 5.73 Å². The lowest BCUT2D eigenvalue weighted by Crippen LogP contribution is -2.34. The van der Waals surface area contributed by atoms with Crippen molar-refractivity contribution in [1.82, 2.24) is 9.88 Å². The summed E-state index contributed by atoms with van der Waals surface area (Å²) >= 11 is 0. The van der Waals surface area contributed by atoms with Gasteiger partial charge in [0.15, 0.2) is 0 Å². The van der Waals surface area contributed by atoms with Gasteiger partial charge in [0.25, 0.3) is 0 Å². The van der Waals surface area contributed by atoms with Crippen LogP contribution in [0, 0.1) is 5.92 Å². The highest BCUT2D eigenvalue weighted by Gasteiger charge is 2.30. The van der Waals surface area contributed by atoms with Gasteiger partial charge < -0.3 is 10.6 Å². The van der Waals surface area contributed by atoms with E-state index < -0.39 is 0 Å². The minimum absolute atomic E-state index is 0.226. The van der Waals surface area contributed by atoms with Gasteiger partial charge in [0.2, 0.25) is 5.91 Å². The van der Waals surface area contributed by atoms with E-state index in [1.54, 1.807) is 6.20 Å². The fraction of sp³-hybridized carbons (Fsp3) is 0.571. The fourth-order valence-electron chi connectivity index (χ4n) is 2.59. The van der Waals surface area contributed by atoms with Crippen LogP contribution in [0.25, 0.3) is 0 Å². The van der Waals surface area contributed by atoms with Crippen molar-refractivity contribution in [3.63, 3.8) is 0 Å². The van der Waals surface area contributed by atoms with Crippen LogP contribution < -0.4 is 5.73 Å². The first-order valence-electron chi connectivity index (χ1n) is 6.60. The molecule has 2 rings (SSSR count). The van der Waals surface area contributed by atoms with Gasteiger partial charge in [-0.2, -0.15) is 0 Å². The first kappa shape index (κ1) is 13.0. The third kappa shape index (κ3) is 3.07. The first-order valence-corrected chi connectivity index (χ1v) is 6.60. The van der Waals surface area contributed by atoms with E-state index in [1.807, 2.05) is 23.1 Å². The SMILES string of the molecule is CC1CC(CN)CN1C(=O)CCc1ccccn1. The zero-order valence-corrected chi connectivity index (χ0v) is 10.9. The molecular weight excluding hydrogens is 226 g/mol. The van der Waals surface area contributed by atoms with Gasteiger partial charge in [-0.3, -0.25) is 9.78 Å². The largest absolute Gasteiger partial charge is 0.340 e. The zero-order valence-electron chi connectivity index (χ0n) is 10.9. The predicted molar refractivity (Wildman–Crippen MR) is 70.9 cm³/mol. The number of pyridine rings is 1. The van der Waals surface area contributed by atoms with E-state index in [1.165, 1.54) is 0 Å². The number of amides is 1. The highest BCUT2D eigenvalue weighted by molar-refractivity contribution is 5.77. The average Bonchev–Trinajstić information content (AvgIpc) is 2.78. The Morgan fingerprint density at radius 1 is 1.56 bits per heavy atom. The summed E-state index contributed by atoms with van der Waals surface area (Å²) in [6, 6.07) is 6.13. The molecule has 18 heavy (non-hydrogen) atoms. The van der Waals surface area contributed by atoms with Crippen LogP contribution in [0.5, 0.6) is 0 Å². The number of carbonyl (C=O) groups excluding carboxylic acids is 1. The van der Waals surface area contributed by atoms with Crippen LogP contribution in [0.3, 0.4) is 0 Å². The molecule has 4 heteroatoms. The van der Waals surface area contributed by atoms with Crippen LogP contribution in [-0.2, 0) is 11.2 Å². The third-order valence-electron chi connectivity index (χ3n) is 3.64. The zero-order chi connectivity index (χ0) is 13.0. The number of aryl methyl sites for hydroxylation is 1. The molecule has 1 aliphatic rings. The van der Waals surface area contributed by atoms with E-state index in [0.717, 1.165) is 25.1 Å². The van der Waals surface area contributed by atoms with Gasteiger partial charge in [-0.25, -0.2) is 0 Å². The first-order chi connectivity index (χ1) is 8.70. The maximum atomic E-state index is 12.1. The summed E-state index contributed by atoms with van der Waals surface area (Å²) in [6.45, 7) is 3.60. The molecule has 1 aliphatic heterocycles. The van der Waals surface area contributed by atoms with Gasteiger partial charge in [0.05, 0.1) is 0 Å². The molecule has 1 amide bonds. The molecule has 2 atom stereocenters. The number of aromatic nitrogens is 1. The molecule has 2 unspecified atom stereocenters. The molecule has 2 heterocycles. The molecule has 0 saturated carbocycles. The third-order valence-corrected chi connectivity index (χ3v) is 3.64. The monoisotopic (exact) mass is 247 g/mol. The Kier molecular flexibility index (Phi) is 4.31. The number of likely N-dealkylation sites (tertiary alicyclic amines) is 1. The van der Waals surface area contributed by atoms with Crippen molar-refractivity contribution in [3.05, 3.63) is 30.1 Å². The standard InChI is InChI=1S/C14H21N3O/c1-11-8-12(9-15)10-17(11)14(18)6-5-13-4-2-3-7-16-13/h2-4,7,11-12H,5-6,8-10,15H2,1H3. The van der Waals surface area contributed by atoms with E-state index in [-0.39, 0.29) is 5.91 Å². The van der Waals surface area contributed by atoms with Crippen LogP contribution in [0.1, 0.15) is 25.5 Å². The van der Waals surface area contributed by atoms with E-state index >= 15 is 0 Å². The van der Waals surface area contributed by atoms with Crippen molar-refractivity contribution in [2.45, 2.75) is 32.2 Å². The fourth-order valence-corrected chi connectivity index (χ4v) is 2.59. The Balaban J connectivity index is 1.85. The second-order valence-corrected chi connectivity index (χ2v) is 5.05. The Labute approximate surface area is 108 Å². The Bertz CT molecular complexity index is 393. The second-order valence-electron chi connectivity index (χ2n) is 5.05. The van der Waals surface area contributed by atoms with Crippen LogP contribution in [0.4, 0.5) is 0 Å². The molecule has 0 spiro atoms. The average molecular weight is 247 g/mol. The normalized spacial score (nSPS) is 23.3. The number of carbonyl (C=O) groups is 1. The molecule has 0 aliphatic carbocycles. The van der Waals surface area contributed by atoms with Crippen LogP contribution >= 0.6 is 0 Å². The van der Waals surface area contributed by atoms with Crippen molar-refractivity contribution in [2.24, 2.45) is 11.7 Å². The number of nitrogens with two attached hydrogens (primary N) is 1. The maximum Gasteiger partial charge on any atom is 0.223 e. The van der Waals surface area contributed by atoms with Crippen LogP contribution in [0.2, 0.25) is 0 Å². The molecule has 0 aromatic carbocycles. The molecule has 2 N–H and O–H groups in total. The number of hydrogen-bond acceptors (Lipinski definition) is 3. The Hall–Kier alpha value is -1.42. The molecule has 1 saturated heterocycles. The van der Waals surface area contributed by atoms with E-state index in [9.17, 15) is 4.79 Å². The van der Waals surface area contributed by atoms with Crippen molar-refractivity contribution in [2.75, 3.05) is 13.1 Å². The van der Waals surface area contributed by atoms with Crippen molar-refractivity contribution in [1.29, 1.82) is 0 Å². The molecule has 0 radical (unpaired) electrons. The summed E-state index contributed by atoms with van der Waals surface area (Å²) < 4.78 is 0. The lowest BCUT2D eigenvalue weighted by molar-refractivity contribution is -0.131. The van der Waals surface area contributed by atoms with Gasteiger partial charge in [-0.15, -0.1) is 0 Å². The predicted octanol–water partition coefficient (Wildman–Crippen LogP) is 1.21. The minimum Gasteiger partial charge on any atom is -0.340 e. The molecule has 1 aromatic heterocycles. The molecule has 0 bridgehead atoms. The van der Waals surface area contributed by atoms with Crippen molar-refractivity contribution in [3.8, 4) is 0 Å². The van der Waals surface area contributed by atoms with Crippen LogP contribution in [-0.4, -0.2) is 34.9 Å². The summed E-state index contributed by atoms with van der Waals surface area (Å²) in [5.74, 6) is 0.697. The highest BCUT2D eigenvalue weighted by atomic mass is 16.2. The Morgan fingerprint density at radius 2 is 2.39 bits per heavy atom. The summed E-state index contributed by atoms with van der Waals surface area (Å²) in [6.07, 6.45) is 4.06. The summed E-state index contributed by atoms with van der Waals surface area (Å²) in [4.78, 5) is 18.4. The lowest BCUT2D eigenvalue weighted by atomic mass is 10.1. The molecule has 98 valence electrons. The van der Waals surface area contributed by atoms with Gasteiger partial charge >= 0.3 is 0 Å². The summed E-state index contributed by atoms with van der Waals surface area (Å²) in [5.41, 5.74) is 6.66. The topological polar surface area (TPSA) is 59.2 Å². The smallest absolute Gasteiger partial charge is 0.223 e. The summed E-state index contributed by atoms with van der Waals surface area (Å²) in [5, 5.41) is 0. The second kappa shape index (κ2) is 5.96. The van der Waals surface area contributed by atoms with E-state index in [0.29, 0.717) is 24.9 Å². The number of rotatable bonds is 4. The molecular formula is C14H21N3O. The number of nitrogens with zero attached hydrogens (tertiary/aromatic N) is 2. The van der Waals surface area contributed by atoms with Gasteiger partial charge in [0.1, 0.15) is 0 Å². The molecule has 1 fully saturated rings. The Morgan fingerprint density at radius 3 is 3.00 bits per heavy atom. The maximum absolute atomic E-state index is 12.1. The molecule has 4 nitrogen and oxygen atoms in total. The quantitative estimate of drug-likeness (QED) is 0.870. The van der Waals surface area contributed by atoms with Crippen molar-refractivity contribution < 1.29 is 4.79 Å². The summed E-state index contributed by atoms with van der Waals surface area (Å²) in [7, 11) is 0. The number of hydrogen-bond donors (Lipinski definition) is 1. The molecule has 1 aromatic rings. The van der Waals surface area contributed by atoms with Crippen LogP contribution in [0.15, 0.2) is 24.4 Å². The van der Waals surface area contributed by atoms with Gasteiger partial charge in [-0.05, 0) is 44.4 Å². The minimum atomic E-state index is 0.226. The lowest BCUT2D eigenvalue weighted by Gasteiger charge is -2.21.